The minimum atomic E-state index is -0.244. The Morgan fingerprint density at radius 3 is 2.14 bits per heavy atom. The lowest BCUT2D eigenvalue weighted by atomic mass is 9.79. The molecule has 3 nitrogen and oxygen atoms in total. The largest absolute Gasteiger partial charge is 0.456 e. The van der Waals surface area contributed by atoms with E-state index in [0.29, 0.717) is 0 Å². The number of hydrogen-bond acceptors (Lipinski definition) is 3. The van der Waals surface area contributed by atoms with Gasteiger partial charge in [0, 0.05) is 55.3 Å². The smallest absolute Gasteiger partial charge is 0.144 e. The van der Waals surface area contributed by atoms with Crippen LogP contribution in [0.4, 0.5) is 17.1 Å². The summed E-state index contributed by atoms with van der Waals surface area (Å²) in [4.78, 5) is 2.38. The summed E-state index contributed by atoms with van der Waals surface area (Å²) in [6, 6.07) is 57.1. The van der Waals surface area contributed by atoms with Gasteiger partial charge >= 0.3 is 0 Å². The van der Waals surface area contributed by atoms with Crippen molar-refractivity contribution in [1.29, 1.82) is 0 Å². The monoisotopic (exact) mass is 719 g/mol. The molecule has 0 saturated heterocycles. The van der Waals surface area contributed by atoms with E-state index in [9.17, 15) is 0 Å². The summed E-state index contributed by atoms with van der Waals surface area (Å²) in [6.45, 7) is 4.74. The summed E-state index contributed by atoms with van der Waals surface area (Å²) in [5.74, 6) is 0.993. The van der Waals surface area contributed by atoms with Gasteiger partial charge in [0.25, 0.3) is 0 Å². The van der Waals surface area contributed by atoms with E-state index in [1.54, 1.807) is 0 Å². The quantitative estimate of drug-likeness (QED) is 0.181. The van der Waals surface area contributed by atoms with Crippen molar-refractivity contribution in [3.8, 4) is 11.1 Å². The summed E-state index contributed by atoms with van der Waals surface area (Å²) in [7, 11) is 0. The summed E-state index contributed by atoms with van der Waals surface area (Å²) in [6.07, 6.45) is 4.32. The SMILES string of the molecule is CC1(C)c2ccc(N(c3ccccc3)c3ccc4ccccc4c3)cc2-c2c1c1ccccc1c1c2oc2ccc(C3=CCCc4c3oc3ccccc43)cc21. The Morgan fingerprint density at radius 1 is 0.554 bits per heavy atom. The number of nitrogens with zero attached hydrogens (tertiary/aromatic N) is 1. The van der Waals surface area contributed by atoms with E-state index in [4.69, 9.17) is 8.83 Å². The molecule has 0 bridgehead atoms. The Hall–Kier alpha value is -6.84. The minimum Gasteiger partial charge on any atom is -0.456 e. The third kappa shape index (κ3) is 4.40. The molecule has 0 N–H and O–H groups in total. The standard InChI is InChI=1S/C53H37NO2/c1-53(2)45-27-26-37(54(35-15-4-3-5-16-35)36-25-23-32-13-6-7-14-33(32)29-36)31-43(45)49-50(53)41-19-9-8-18-40(41)48-44-30-34(24-28-47(44)56-52(48)49)38-20-12-21-42-39-17-10-11-22-46(39)55-51(38)42/h3-11,13-20,22-31H,12,21H2,1-2H3. The highest BCUT2D eigenvalue weighted by atomic mass is 16.3. The van der Waals surface area contributed by atoms with Crippen molar-refractivity contribution in [2.75, 3.05) is 4.90 Å². The fraction of sp³-hybridized carbons (Fsp3) is 0.0943. The Balaban J connectivity index is 1.09. The summed E-state index contributed by atoms with van der Waals surface area (Å²) in [5, 5.41) is 8.46. The molecule has 266 valence electrons. The van der Waals surface area contributed by atoms with E-state index < -0.39 is 0 Å². The first-order chi connectivity index (χ1) is 27.5. The fourth-order valence-electron chi connectivity index (χ4n) is 9.95. The van der Waals surface area contributed by atoms with Crippen molar-refractivity contribution in [2.24, 2.45) is 0 Å². The molecule has 10 aromatic rings. The van der Waals surface area contributed by atoms with Crippen molar-refractivity contribution in [3.05, 3.63) is 192 Å². The van der Waals surface area contributed by atoms with Gasteiger partial charge < -0.3 is 13.7 Å². The highest BCUT2D eigenvalue weighted by Gasteiger charge is 2.40. The normalized spacial score (nSPS) is 14.4. The van der Waals surface area contributed by atoms with Gasteiger partial charge in [-0.2, -0.15) is 0 Å². The van der Waals surface area contributed by atoms with Crippen molar-refractivity contribution < 1.29 is 8.83 Å². The third-order valence-corrected chi connectivity index (χ3v) is 12.5. The molecule has 0 amide bonds. The average Bonchev–Trinajstić information content (AvgIpc) is 3.89. The topological polar surface area (TPSA) is 29.5 Å². The Labute approximate surface area is 324 Å². The molecule has 0 unspecified atom stereocenters. The number of hydrogen-bond donors (Lipinski definition) is 0. The van der Waals surface area contributed by atoms with Crippen LogP contribution in [0.5, 0.6) is 0 Å². The van der Waals surface area contributed by atoms with Gasteiger partial charge in [0.05, 0.1) is 0 Å². The van der Waals surface area contributed by atoms with Crippen LogP contribution in [0.3, 0.4) is 0 Å². The average molecular weight is 720 g/mol. The van der Waals surface area contributed by atoms with Crippen LogP contribution in [-0.2, 0) is 11.8 Å². The lowest BCUT2D eigenvalue weighted by molar-refractivity contribution is 0.591. The maximum Gasteiger partial charge on any atom is 0.144 e. The molecule has 0 spiro atoms. The minimum absolute atomic E-state index is 0.244. The van der Waals surface area contributed by atoms with Crippen molar-refractivity contribution >= 4 is 77.1 Å². The first kappa shape index (κ1) is 31.5. The number of furan rings is 2. The second-order valence-corrected chi connectivity index (χ2v) is 15.9. The molecular weight excluding hydrogens is 683 g/mol. The zero-order valence-electron chi connectivity index (χ0n) is 31.3. The first-order valence-electron chi connectivity index (χ1n) is 19.6. The van der Waals surface area contributed by atoms with E-state index in [-0.39, 0.29) is 5.41 Å². The Bertz CT molecular complexity index is 3290. The van der Waals surface area contributed by atoms with Crippen LogP contribution < -0.4 is 4.90 Å². The maximum atomic E-state index is 7.07. The third-order valence-electron chi connectivity index (χ3n) is 12.5. The summed E-state index contributed by atoms with van der Waals surface area (Å²) < 4.78 is 13.6. The Morgan fingerprint density at radius 2 is 1.27 bits per heavy atom. The van der Waals surface area contributed by atoms with Crippen molar-refractivity contribution in [2.45, 2.75) is 32.1 Å². The van der Waals surface area contributed by atoms with Crippen LogP contribution in [0.2, 0.25) is 0 Å². The van der Waals surface area contributed by atoms with Crippen LogP contribution in [0.25, 0.3) is 71.2 Å². The molecule has 2 aromatic heterocycles. The first-order valence-corrected chi connectivity index (χ1v) is 19.6. The molecule has 0 fully saturated rings. The highest BCUT2D eigenvalue weighted by Crippen LogP contribution is 2.57. The predicted octanol–water partition coefficient (Wildman–Crippen LogP) is 14.8. The molecule has 0 aliphatic heterocycles. The molecule has 12 rings (SSSR count). The molecule has 0 saturated carbocycles. The van der Waals surface area contributed by atoms with E-state index in [0.717, 1.165) is 68.9 Å². The van der Waals surface area contributed by atoms with Gasteiger partial charge in [0.2, 0.25) is 0 Å². The number of allylic oxidation sites excluding steroid dienone is 1. The number of anilines is 3. The molecule has 3 heteroatoms. The molecule has 0 radical (unpaired) electrons. The number of benzene rings is 8. The van der Waals surface area contributed by atoms with E-state index in [1.165, 1.54) is 60.1 Å². The molecule has 56 heavy (non-hydrogen) atoms. The van der Waals surface area contributed by atoms with Gasteiger partial charge in [-0.25, -0.2) is 0 Å². The zero-order valence-corrected chi connectivity index (χ0v) is 31.3. The molecular formula is C53H37NO2. The van der Waals surface area contributed by atoms with Crippen LogP contribution in [0.1, 0.15) is 48.3 Å². The van der Waals surface area contributed by atoms with Crippen LogP contribution >= 0.6 is 0 Å². The summed E-state index contributed by atoms with van der Waals surface area (Å²) in [5.41, 5.74) is 14.6. The molecule has 8 aromatic carbocycles. The number of fused-ring (bicyclic) bond motifs is 14. The van der Waals surface area contributed by atoms with E-state index in [2.05, 4.69) is 183 Å². The Kier molecular flexibility index (Phi) is 6.52. The van der Waals surface area contributed by atoms with Gasteiger partial charge in [-0.15, -0.1) is 0 Å². The number of para-hydroxylation sites is 2. The fourth-order valence-corrected chi connectivity index (χ4v) is 9.95. The second-order valence-electron chi connectivity index (χ2n) is 15.9. The number of aryl methyl sites for hydroxylation is 1. The molecule has 2 heterocycles. The zero-order chi connectivity index (χ0) is 37.1. The lowest BCUT2D eigenvalue weighted by Gasteiger charge is -2.27. The second kappa shape index (κ2) is 11.6. The van der Waals surface area contributed by atoms with Crippen molar-refractivity contribution in [3.63, 3.8) is 0 Å². The molecule has 2 aliphatic carbocycles. The van der Waals surface area contributed by atoms with E-state index in [1.807, 2.05) is 0 Å². The summed E-state index contributed by atoms with van der Waals surface area (Å²) >= 11 is 0. The van der Waals surface area contributed by atoms with Gasteiger partial charge in [0.15, 0.2) is 0 Å². The van der Waals surface area contributed by atoms with Crippen LogP contribution in [-0.4, -0.2) is 0 Å². The highest BCUT2D eigenvalue weighted by molar-refractivity contribution is 6.25. The maximum absolute atomic E-state index is 7.07. The van der Waals surface area contributed by atoms with Gasteiger partial charge in [0.1, 0.15) is 22.5 Å². The van der Waals surface area contributed by atoms with E-state index >= 15 is 0 Å². The van der Waals surface area contributed by atoms with Gasteiger partial charge in [-0.05, 0) is 111 Å². The van der Waals surface area contributed by atoms with Gasteiger partial charge in [-0.1, -0.05) is 123 Å². The van der Waals surface area contributed by atoms with Gasteiger partial charge in [-0.3, -0.25) is 0 Å². The predicted molar refractivity (Wildman–Crippen MR) is 233 cm³/mol. The molecule has 2 aliphatic rings. The lowest BCUT2D eigenvalue weighted by Crippen LogP contribution is -2.16. The van der Waals surface area contributed by atoms with Crippen LogP contribution in [0, 0.1) is 0 Å². The number of rotatable bonds is 4. The van der Waals surface area contributed by atoms with Crippen LogP contribution in [0.15, 0.2) is 173 Å². The van der Waals surface area contributed by atoms with Crippen molar-refractivity contribution in [1.82, 2.24) is 0 Å². The molecule has 0 atom stereocenters.